The summed E-state index contributed by atoms with van der Waals surface area (Å²) >= 11 is 0. The number of likely N-dealkylation sites (tertiary alicyclic amines) is 2. The smallest absolute Gasteiger partial charge is 0.253 e. The topological polar surface area (TPSA) is 49.6 Å². The molecule has 0 aromatic heterocycles. The molecule has 1 aromatic carbocycles. The van der Waals surface area contributed by atoms with Gasteiger partial charge in [-0.2, -0.15) is 0 Å². The van der Waals surface area contributed by atoms with Crippen LogP contribution in [0.2, 0.25) is 0 Å². The molecule has 3 rings (SSSR count). The molecular weight excluding hydrogens is 286 g/mol. The predicted molar refractivity (Wildman–Crippen MR) is 93.3 cm³/mol. The number of amides is 1. The third-order valence-electron chi connectivity index (χ3n) is 5.33. The van der Waals surface area contributed by atoms with E-state index in [4.69, 9.17) is 5.73 Å². The molecule has 0 aliphatic carbocycles. The normalized spacial score (nSPS) is 23.9. The van der Waals surface area contributed by atoms with Crippen molar-refractivity contribution in [3.8, 4) is 0 Å². The highest BCUT2D eigenvalue weighted by Gasteiger charge is 2.22. The summed E-state index contributed by atoms with van der Waals surface area (Å²) in [6, 6.07) is 9.09. The Morgan fingerprint density at radius 1 is 1.17 bits per heavy atom. The molecule has 2 heterocycles. The van der Waals surface area contributed by atoms with E-state index in [1.807, 2.05) is 17.0 Å². The van der Waals surface area contributed by atoms with E-state index >= 15 is 0 Å². The average Bonchev–Trinajstić information content (AvgIpc) is 2.57. The average molecular weight is 315 g/mol. The van der Waals surface area contributed by atoms with Crippen LogP contribution in [0.4, 0.5) is 0 Å². The van der Waals surface area contributed by atoms with E-state index in [-0.39, 0.29) is 11.9 Å². The van der Waals surface area contributed by atoms with Crippen molar-refractivity contribution in [2.75, 3.05) is 19.6 Å². The fraction of sp³-hybridized carbons (Fsp3) is 0.632. The molecule has 1 unspecified atom stereocenters. The number of hydrogen-bond acceptors (Lipinski definition) is 3. The zero-order valence-electron chi connectivity index (χ0n) is 14.2. The third-order valence-corrected chi connectivity index (χ3v) is 5.33. The molecular formula is C19H29N3O. The molecule has 0 radical (unpaired) electrons. The molecule has 2 aliphatic heterocycles. The van der Waals surface area contributed by atoms with Gasteiger partial charge in [0.15, 0.2) is 0 Å². The molecule has 1 aromatic rings. The Hall–Kier alpha value is -1.39. The molecule has 1 amide bonds. The summed E-state index contributed by atoms with van der Waals surface area (Å²) in [4.78, 5) is 17.2. The maximum atomic E-state index is 12.7. The standard InChI is InChI=1S/C19H29N3O/c1-15-5-2-3-10-22(15)14-16-6-4-7-17(13-16)19(23)21-11-8-18(20)9-12-21/h4,6-7,13,15,18H,2-3,5,8-12,14,20H2,1H3. The first-order valence-electron chi connectivity index (χ1n) is 9.01. The molecule has 126 valence electrons. The van der Waals surface area contributed by atoms with Crippen molar-refractivity contribution in [2.24, 2.45) is 5.73 Å². The largest absolute Gasteiger partial charge is 0.339 e. The second kappa shape index (κ2) is 7.45. The van der Waals surface area contributed by atoms with Gasteiger partial charge in [0.2, 0.25) is 0 Å². The van der Waals surface area contributed by atoms with E-state index < -0.39 is 0 Å². The summed E-state index contributed by atoms with van der Waals surface area (Å²) in [5.41, 5.74) is 8.00. The molecule has 1 atom stereocenters. The van der Waals surface area contributed by atoms with Crippen LogP contribution < -0.4 is 5.73 Å². The number of hydrogen-bond donors (Lipinski definition) is 1. The number of nitrogens with two attached hydrogens (primary N) is 1. The first-order valence-corrected chi connectivity index (χ1v) is 9.01. The van der Waals surface area contributed by atoms with E-state index in [0.717, 1.165) is 38.0 Å². The number of carbonyl (C=O) groups is 1. The van der Waals surface area contributed by atoms with Crippen molar-refractivity contribution in [3.63, 3.8) is 0 Å². The van der Waals surface area contributed by atoms with Crippen molar-refractivity contribution in [1.82, 2.24) is 9.80 Å². The highest BCUT2D eigenvalue weighted by Crippen LogP contribution is 2.20. The molecule has 4 nitrogen and oxygen atoms in total. The van der Waals surface area contributed by atoms with Gasteiger partial charge in [0.1, 0.15) is 0 Å². The summed E-state index contributed by atoms with van der Waals surface area (Å²) in [6.45, 7) is 6.00. The molecule has 4 heteroatoms. The third kappa shape index (κ3) is 4.12. The fourth-order valence-corrected chi connectivity index (χ4v) is 3.71. The van der Waals surface area contributed by atoms with Crippen molar-refractivity contribution in [2.45, 2.75) is 57.7 Å². The molecule has 0 bridgehead atoms. The van der Waals surface area contributed by atoms with Crippen LogP contribution in [0.5, 0.6) is 0 Å². The Balaban J connectivity index is 1.65. The Bertz CT molecular complexity index is 537. The first kappa shape index (κ1) is 16.5. The van der Waals surface area contributed by atoms with E-state index in [0.29, 0.717) is 6.04 Å². The zero-order valence-corrected chi connectivity index (χ0v) is 14.2. The van der Waals surface area contributed by atoms with E-state index in [1.165, 1.54) is 31.4 Å². The lowest BCUT2D eigenvalue weighted by atomic mass is 10.0. The molecule has 2 fully saturated rings. The molecule has 2 saturated heterocycles. The van der Waals surface area contributed by atoms with Gasteiger partial charge in [-0.1, -0.05) is 18.6 Å². The van der Waals surface area contributed by atoms with Crippen LogP contribution in [0.25, 0.3) is 0 Å². The van der Waals surface area contributed by atoms with Crippen LogP contribution in [-0.4, -0.2) is 47.4 Å². The van der Waals surface area contributed by atoms with Crippen LogP contribution in [0.3, 0.4) is 0 Å². The predicted octanol–water partition coefficient (Wildman–Crippen LogP) is 2.62. The quantitative estimate of drug-likeness (QED) is 0.933. The number of nitrogens with zero attached hydrogens (tertiary/aromatic N) is 2. The van der Waals surface area contributed by atoms with Gasteiger partial charge < -0.3 is 10.6 Å². The van der Waals surface area contributed by atoms with E-state index in [9.17, 15) is 4.79 Å². The summed E-state index contributed by atoms with van der Waals surface area (Å²) in [5.74, 6) is 0.158. The molecule has 23 heavy (non-hydrogen) atoms. The maximum Gasteiger partial charge on any atom is 0.253 e. The van der Waals surface area contributed by atoms with Gasteiger partial charge in [-0.15, -0.1) is 0 Å². The highest BCUT2D eigenvalue weighted by atomic mass is 16.2. The second-order valence-corrected chi connectivity index (χ2v) is 7.15. The fourth-order valence-electron chi connectivity index (χ4n) is 3.71. The number of rotatable bonds is 3. The Kier molecular flexibility index (Phi) is 5.34. The monoisotopic (exact) mass is 315 g/mol. The number of benzene rings is 1. The Labute approximate surface area is 139 Å². The number of piperidine rings is 2. The minimum Gasteiger partial charge on any atom is -0.339 e. The van der Waals surface area contributed by atoms with Crippen LogP contribution in [-0.2, 0) is 6.54 Å². The zero-order chi connectivity index (χ0) is 16.2. The highest BCUT2D eigenvalue weighted by molar-refractivity contribution is 5.94. The minimum atomic E-state index is 0.158. The van der Waals surface area contributed by atoms with Crippen LogP contribution in [0.1, 0.15) is 54.9 Å². The summed E-state index contributed by atoms with van der Waals surface area (Å²) in [5, 5.41) is 0. The lowest BCUT2D eigenvalue weighted by Gasteiger charge is -2.33. The molecule has 2 aliphatic rings. The van der Waals surface area contributed by atoms with Gasteiger partial charge >= 0.3 is 0 Å². The summed E-state index contributed by atoms with van der Waals surface area (Å²) in [6.07, 6.45) is 5.74. The lowest BCUT2D eigenvalue weighted by molar-refractivity contribution is 0.0714. The van der Waals surface area contributed by atoms with Crippen molar-refractivity contribution in [3.05, 3.63) is 35.4 Å². The molecule has 2 N–H and O–H groups in total. The van der Waals surface area contributed by atoms with Crippen molar-refractivity contribution < 1.29 is 4.79 Å². The number of carbonyl (C=O) groups excluding carboxylic acids is 1. The van der Waals surface area contributed by atoms with Crippen molar-refractivity contribution in [1.29, 1.82) is 0 Å². The van der Waals surface area contributed by atoms with Crippen LogP contribution >= 0.6 is 0 Å². The first-order chi connectivity index (χ1) is 11.1. The van der Waals surface area contributed by atoms with Gasteiger partial charge in [-0.25, -0.2) is 0 Å². The molecule has 0 spiro atoms. The van der Waals surface area contributed by atoms with Crippen LogP contribution in [0.15, 0.2) is 24.3 Å². The van der Waals surface area contributed by atoms with Crippen molar-refractivity contribution >= 4 is 5.91 Å². The van der Waals surface area contributed by atoms with Crippen LogP contribution in [0, 0.1) is 0 Å². The Morgan fingerprint density at radius 2 is 1.96 bits per heavy atom. The van der Waals surface area contributed by atoms with Gasteiger partial charge in [0.25, 0.3) is 5.91 Å². The molecule has 0 saturated carbocycles. The SMILES string of the molecule is CC1CCCCN1Cc1cccc(C(=O)N2CCC(N)CC2)c1. The van der Waals surface area contributed by atoms with Gasteiger partial charge in [0.05, 0.1) is 0 Å². The Morgan fingerprint density at radius 3 is 2.70 bits per heavy atom. The minimum absolute atomic E-state index is 0.158. The lowest BCUT2D eigenvalue weighted by Crippen LogP contribution is -2.42. The van der Waals surface area contributed by atoms with Gasteiger partial charge in [-0.05, 0) is 56.8 Å². The van der Waals surface area contributed by atoms with E-state index in [2.05, 4.69) is 24.0 Å². The summed E-state index contributed by atoms with van der Waals surface area (Å²) < 4.78 is 0. The van der Waals surface area contributed by atoms with E-state index in [1.54, 1.807) is 0 Å². The maximum absolute atomic E-state index is 12.7. The van der Waals surface area contributed by atoms with Gasteiger partial charge in [0, 0.05) is 37.3 Å². The second-order valence-electron chi connectivity index (χ2n) is 7.15. The summed E-state index contributed by atoms with van der Waals surface area (Å²) in [7, 11) is 0. The van der Waals surface area contributed by atoms with Gasteiger partial charge in [-0.3, -0.25) is 9.69 Å².